The van der Waals surface area contributed by atoms with Gasteiger partial charge in [-0.15, -0.1) is 0 Å². The Bertz CT molecular complexity index is 1310. The van der Waals surface area contributed by atoms with Crippen molar-refractivity contribution < 1.29 is 9.47 Å². The van der Waals surface area contributed by atoms with Crippen LogP contribution >= 0.6 is 0 Å². The van der Waals surface area contributed by atoms with E-state index in [1.165, 1.54) is 0 Å². The van der Waals surface area contributed by atoms with Crippen molar-refractivity contribution in [2.75, 3.05) is 0 Å². The molecule has 0 aliphatic rings. The Hall–Kier alpha value is -4.30. The fourth-order valence-corrected chi connectivity index (χ4v) is 3.63. The molecular formula is C30H21O2. The van der Waals surface area contributed by atoms with Gasteiger partial charge in [0.2, 0.25) is 0 Å². The molecule has 0 aromatic heterocycles. The summed E-state index contributed by atoms with van der Waals surface area (Å²) in [7, 11) is 0. The molecule has 2 nitrogen and oxygen atoms in total. The van der Waals surface area contributed by atoms with Crippen LogP contribution in [0, 0.1) is 6.07 Å². The van der Waals surface area contributed by atoms with Crippen molar-refractivity contribution in [2.45, 2.75) is 0 Å². The average molecular weight is 413 g/mol. The molecule has 5 aromatic rings. The van der Waals surface area contributed by atoms with E-state index in [4.69, 9.17) is 9.47 Å². The lowest BCUT2D eigenvalue weighted by molar-refractivity contribution is 0.477. The summed E-state index contributed by atoms with van der Waals surface area (Å²) in [5.74, 6) is 2.99. The Balaban J connectivity index is 1.54. The van der Waals surface area contributed by atoms with Gasteiger partial charge in [0.15, 0.2) is 0 Å². The van der Waals surface area contributed by atoms with Crippen LogP contribution in [0.15, 0.2) is 127 Å². The fraction of sp³-hybridized carbons (Fsp3) is 0. The van der Waals surface area contributed by atoms with Gasteiger partial charge in [-0.1, -0.05) is 103 Å². The van der Waals surface area contributed by atoms with Crippen molar-refractivity contribution in [1.29, 1.82) is 0 Å². The molecule has 5 aromatic carbocycles. The quantitative estimate of drug-likeness (QED) is 0.278. The summed E-state index contributed by atoms with van der Waals surface area (Å²) in [4.78, 5) is 0. The Kier molecular flexibility index (Phi) is 5.67. The molecule has 0 saturated heterocycles. The number of hydrogen-bond acceptors (Lipinski definition) is 2. The zero-order valence-corrected chi connectivity index (χ0v) is 17.4. The van der Waals surface area contributed by atoms with Crippen LogP contribution in [0.5, 0.6) is 23.0 Å². The van der Waals surface area contributed by atoms with Gasteiger partial charge in [0.1, 0.15) is 23.0 Å². The van der Waals surface area contributed by atoms with E-state index in [1.807, 2.05) is 109 Å². The summed E-state index contributed by atoms with van der Waals surface area (Å²) in [5, 5.41) is 0. The van der Waals surface area contributed by atoms with Crippen LogP contribution < -0.4 is 9.47 Å². The molecule has 0 N–H and O–H groups in total. The van der Waals surface area contributed by atoms with E-state index in [2.05, 4.69) is 24.3 Å². The number of para-hydroxylation sites is 4. The maximum atomic E-state index is 6.49. The highest BCUT2D eigenvalue weighted by Gasteiger charge is 2.14. The second kappa shape index (κ2) is 9.23. The third kappa shape index (κ3) is 4.26. The summed E-state index contributed by atoms with van der Waals surface area (Å²) in [6.07, 6.45) is 0. The van der Waals surface area contributed by atoms with Crippen LogP contribution in [0.2, 0.25) is 0 Å². The Morgan fingerprint density at radius 2 is 1.00 bits per heavy atom. The zero-order chi connectivity index (χ0) is 21.6. The molecule has 2 heteroatoms. The standard InChI is InChI=1S/C30H21O2/c1-3-13-23(14-4-1)25-17-7-10-20-28(25)32-30-22-12-9-19-27(30)26-18-8-11-21-29(26)31-24-15-5-2-6-16-24/h1-20,22H. The molecule has 0 atom stereocenters. The zero-order valence-electron chi connectivity index (χ0n) is 17.4. The normalized spacial score (nSPS) is 10.5. The van der Waals surface area contributed by atoms with Crippen LogP contribution in [0.4, 0.5) is 0 Å². The molecule has 0 bridgehead atoms. The van der Waals surface area contributed by atoms with Gasteiger partial charge in [-0.3, -0.25) is 0 Å². The predicted molar refractivity (Wildman–Crippen MR) is 129 cm³/mol. The largest absolute Gasteiger partial charge is 0.456 e. The Morgan fingerprint density at radius 1 is 0.438 bits per heavy atom. The van der Waals surface area contributed by atoms with Gasteiger partial charge in [-0.05, 0) is 29.8 Å². The monoisotopic (exact) mass is 413 g/mol. The van der Waals surface area contributed by atoms with Crippen molar-refractivity contribution in [3.8, 4) is 45.3 Å². The predicted octanol–water partition coefficient (Wildman–Crippen LogP) is 8.41. The van der Waals surface area contributed by atoms with Crippen molar-refractivity contribution in [2.24, 2.45) is 0 Å². The van der Waals surface area contributed by atoms with Gasteiger partial charge in [0.05, 0.1) is 0 Å². The van der Waals surface area contributed by atoms with E-state index in [1.54, 1.807) is 0 Å². The van der Waals surface area contributed by atoms with Gasteiger partial charge in [-0.2, -0.15) is 0 Å². The molecule has 0 amide bonds. The Labute approximate surface area is 188 Å². The van der Waals surface area contributed by atoms with Crippen molar-refractivity contribution >= 4 is 0 Å². The maximum Gasteiger partial charge on any atom is 0.143 e. The SMILES string of the molecule is [c]1cccc(-c2ccccc2Oc2ccccc2-c2ccccc2)c1Oc1ccccc1. The van der Waals surface area contributed by atoms with E-state index in [9.17, 15) is 0 Å². The highest BCUT2D eigenvalue weighted by molar-refractivity contribution is 5.77. The number of benzene rings is 5. The molecule has 0 spiro atoms. The van der Waals surface area contributed by atoms with Crippen LogP contribution in [-0.4, -0.2) is 0 Å². The van der Waals surface area contributed by atoms with Gasteiger partial charge in [-0.25, -0.2) is 0 Å². The smallest absolute Gasteiger partial charge is 0.143 e. The van der Waals surface area contributed by atoms with Gasteiger partial charge < -0.3 is 9.47 Å². The molecule has 0 saturated carbocycles. The minimum Gasteiger partial charge on any atom is -0.456 e. The second-order valence-corrected chi connectivity index (χ2v) is 7.29. The van der Waals surface area contributed by atoms with Gasteiger partial charge in [0.25, 0.3) is 0 Å². The summed E-state index contributed by atoms with van der Waals surface area (Å²) >= 11 is 0. The van der Waals surface area contributed by atoms with Crippen molar-refractivity contribution in [1.82, 2.24) is 0 Å². The van der Waals surface area contributed by atoms with E-state index in [0.29, 0.717) is 5.75 Å². The molecule has 0 heterocycles. The number of rotatable bonds is 6. The third-order valence-electron chi connectivity index (χ3n) is 5.15. The van der Waals surface area contributed by atoms with E-state index >= 15 is 0 Å². The van der Waals surface area contributed by atoms with E-state index < -0.39 is 0 Å². The van der Waals surface area contributed by atoms with E-state index in [0.717, 1.165) is 39.5 Å². The lowest BCUT2D eigenvalue weighted by Gasteiger charge is -2.16. The van der Waals surface area contributed by atoms with Gasteiger partial charge in [0, 0.05) is 22.8 Å². The molecule has 32 heavy (non-hydrogen) atoms. The molecule has 0 unspecified atom stereocenters. The molecule has 0 aliphatic heterocycles. The molecule has 5 rings (SSSR count). The minimum absolute atomic E-state index is 0.658. The van der Waals surface area contributed by atoms with Crippen LogP contribution in [0.1, 0.15) is 0 Å². The van der Waals surface area contributed by atoms with Gasteiger partial charge >= 0.3 is 0 Å². The first-order chi connectivity index (χ1) is 15.9. The van der Waals surface area contributed by atoms with Crippen LogP contribution in [0.25, 0.3) is 22.3 Å². The highest BCUT2D eigenvalue weighted by atomic mass is 16.5. The average Bonchev–Trinajstić information content (AvgIpc) is 2.86. The lowest BCUT2D eigenvalue weighted by Crippen LogP contribution is -1.93. The molecule has 0 fully saturated rings. The Morgan fingerprint density at radius 3 is 1.75 bits per heavy atom. The summed E-state index contributed by atoms with van der Waals surface area (Å²) < 4.78 is 12.6. The number of hydrogen-bond donors (Lipinski definition) is 0. The molecule has 153 valence electrons. The number of ether oxygens (including phenoxy) is 2. The molecule has 0 aliphatic carbocycles. The van der Waals surface area contributed by atoms with Crippen LogP contribution in [0.3, 0.4) is 0 Å². The first-order valence-electron chi connectivity index (χ1n) is 10.5. The summed E-state index contributed by atoms with van der Waals surface area (Å²) in [5.41, 5.74) is 4.02. The highest BCUT2D eigenvalue weighted by Crippen LogP contribution is 2.41. The second-order valence-electron chi connectivity index (χ2n) is 7.29. The van der Waals surface area contributed by atoms with Crippen molar-refractivity contribution in [3.05, 3.63) is 133 Å². The lowest BCUT2D eigenvalue weighted by atomic mass is 10.0. The molecule has 1 radical (unpaired) electrons. The van der Waals surface area contributed by atoms with E-state index in [-0.39, 0.29) is 0 Å². The van der Waals surface area contributed by atoms with Crippen molar-refractivity contribution in [3.63, 3.8) is 0 Å². The maximum absolute atomic E-state index is 6.49. The third-order valence-corrected chi connectivity index (χ3v) is 5.15. The first kappa shape index (κ1) is 19.7. The topological polar surface area (TPSA) is 18.5 Å². The fourth-order valence-electron chi connectivity index (χ4n) is 3.63. The summed E-state index contributed by atoms with van der Waals surface area (Å²) in [6.45, 7) is 0. The molecular weight excluding hydrogens is 392 g/mol. The summed E-state index contributed by atoms with van der Waals surface area (Å²) in [6, 6.07) is 45.2. The minimum atomic E-state index is 0.658. The first-order valence-corrected chi connectivity index (χ1v) is 10.5. The van der Waals surface area contributed by atoms with Crippen LogP contribution in [-0.2, 0) is 0 Å².